The summed E-state index contributed by atoms with van der Waals surface area (Å²) in [5.41, 5.74) is 3.74. The highest BCUT2D eigenvalue weighted by atomic mass is 79.9. The van der Waals surface area contributed by atoms with Crippen molar-refractivity contribution in [2.45, 2.75) is 31.5 Å². The minimum Gasteiger partial charge on any atom is -1.00 e. The highest BCUT2D eigenvalue weighted by Gasteiger charge is 2.54. The summed E-state index contributed by atoms with van der Waals surface area (Å²) in [7, 11) is 0. The van der Waals surface area contributed by atoms with Crippen molar-refractivity contribution in [3.05, 3.63) is 128 Å². The maximum absolute atomic E-state index is 6.80. The maximum atomic E-state index is 6.80. The molecule has 41 heavy (non-hydrogen) atoms. The Labute approximate surface area is 253 Å². The number of benzene rings is 4. The lowest BCUT2D eigenvalue weighted by atomic mass is 9.70. The number of para-hydroxylation sites is 1. The Kier molecular flexibility index (Phi) is 7.82. The molecule has 208 valence electrons. The molecule has 2 bridgehead atoms. The topological polar surface area (TPSA) is 22.1 Å². The van der Waals surface area contributed by atoms with Crippen molar-refractivity contribution in [1.29, 1.82) is 0 Å². The van der Waals surface area contributed by atoms with Crippen LogP contribution in [0.5, 0.6) is 0 Å². The Morgan fingerprint density at radius 2 is 1.59 bits per heavy atom. The molecule has 4 aromatic carbocycles. The quantitative estimate of drug-likeness (QED) is 0.134. The van der Waals surface area contributed by atoms with Gasteiger partial charge >= 0.3 is 0 Å². The van der Waals surface area contributed by atoms with Gasteiger partial charge in [-0.3, -0.25) is 4.98 Å². The molecule has 5 aromatic rings. The first-order valence-corrected chi connectivity index (χ1v) is 14.6. The number of hydrogen-bond donors (Lipinski definition) is 0. The van der Waals surface area contributed by atoms with Crippen LogP contribution in [-0.2, 0) is 11.3 Å². The first-order chi connectivity index (χ1) is 19.7. The van der Waals surface area contributed by atoms with Gasteiger partial charge in [-0.15, -0.1) is 13.2 Å². The molecule has 0 aliphatic carbocycles. The molecule has 1 aromatic heterocycles. The van der Waals surface area contributed by atoms with Crippen LogP contribution >= 0.6 is 0 Å². The predicted molar refractivity (Wildman–Crippen MR) is 166 cm³/mol. The predicted octanol–water partition coefficient (Wildman–Crippen LogP) is 5.40. The highest BCUT2D eigenvalue weighted by molar-refractivity contribution is 6.02. The minimum absolute atomic E-state index is 0. The second kappa shape index (κ2) is 11.5. The monoisotopic (exact) mass is 604 g/mol. The van der Waals surface area contributed by atoms with Crippen LogP contribution in [0, 0.1) is 11.8 Å². The van der Waals surface area contributed by atoms with Crippen molar-refractivity contribution in [1.82, 2.24) is 4.98 Å². The Bertz CT molecular complexity index is 1670. The van der Waals surface area contributed by atoms with Crippen LogP contribution in [0.4, 0.5) is 0 Å². The number of pyridine rings is 1. The van der Waals surface area contributed by atoms with E-state index in [0.29, 0.717) is 24.5 Å². The summed E-state index contributed by atoms with van der Waals surface area (Å²) >= 11 is 0. The summed E-state index contributed by atoms with van der Waals surface area (Å²) in [6, 6.07) is 31.2. The van der Waals surface area contributed by atoms with Gasteiger partial charge in [0.15, 0.2) is 0 Å². The Morgan fingerprint density at radius 1 is 0.902 bits per heavy atom. The number of halogens is 1. The van der Waals surface area contributed by atoms with Crippen molar-refractivity contribution >= 4 is 32.4 Å². The fraction of sp³-hybridized carbons (Fsp3) is 0.270. The number of ether oxygens (including phenoxy) is 1. The van der Waals surface area contributed by atoms with Crippen LogP contribution < -0.4 is 17.0 Å². The van der Waals surface area contributed by atoms with Gasteiger partial charge < -0.3 is 26.2 Å². The van der Waals surface area contributed by atoms with Crippen LogP contribution in [0.25, 0.3) is 32.4 Å². The second-order valence-corrected chi connectivity index (χ2v) is 11.8. The Morgan fingerprint density at radius 3 is 2.29 bits per heavy atom. The van der Waals surface area contributed by atoms with E-state index in [4.69, 9.17) is 4.74 Å². The van der Waals surface area contributed by atoms with E-state index in [-0.39, 0.29) is 23.1 Å². The summed E-state index contributed by atoms with van der Waals surface area (Å²) in [6.07, 6.45) is 8.41. The Balaban J connectivity index is 0.00000302. The van der Waals surface area contributed by atoms with Gasteiger partial charge in [-0.25, -0.2) is 0 Å². The molecular weight excluding hydrogens is 568 g/mol. The summed E-state index contributed by atoms with van der Waals surface area (Å²) in [5.74, 6) is 1.18. The van der Waals surface area contributed by atoms with Crippen molar-refractivity contribution in [3.63, 3.8) is 0 Å². The number of quaternary nitrogens is 1. The van der Waals surface area contributed by atoms with Crippen LogP contribution in [0.2, 0.25) is 0 Å². The van der Waals surface area contributed by atoms with E-state index in [1.807, 2.05) is 12.3 Å². The summed E-state index contributed by atoms with van der Waals surface area (Å²) < 4.78 is 7.81. The zero-order valence-electron chi connectivity index (χ0n) is 23.5. The molecule has 3 aliphatic rings. The zero-order chi connectivity index (χ0) is 27.1. The SMILES string of the molecule is C=CCO[C@H](c1ccnc2ccccc12)[C@H]1C[C@@H]2CC[N+]1(Cc1c3ccccc3cc3ccccc13)C[C@@H]2C=C.[Br-]. The van der Waals surface area contributed by atoms with Crippen molar-refractivity contribution in [3.8, 4) is 0 Å². The Hall–Kier alpha value is -3.31. The molecule has 0 N–H and O–H groups in total. The lowest BCUT2D eigenvalue weighted by Crippen LogP contribution is -3.00. The fourth-order valence-corrected chi connectivity index (χ4v) is 7.90. The van der Waals surface area contributed by atoms with Crippen molar-refractivity contribution < 1.29 is 26.2 Å². The lowest BCUT2D eigenvalue weighted by molar-refractivity contribution is -0.984. The van der Waals surface area contributed by atoms with E-state index in [0.717, 1.165) is 36.1 Å². The molecule has 0 saturated carbocycles. The van der Waals surface area contributed by atoms with Crippen molar-refractivity contribution in [2.24, 2.45) is 11.8 Å². The molecule has 3 aliphatic heterocycles. The summed E-state index contributed by atoms with van der Waals surface area (Å²) in [4.78, 5) is 4.68. The molecule has 0 spiro atoms. The van der Waals surface area contributed by atoms with Crippen LogP contribution in [0.3, 0.4) is 0 Å². The second-order valence-electron chi connectivity index (χ2n) is 11.8. The van der Waals surface area contributed by atoms with Gasteiger partial charge in [0.2, 0.25) is 0 Å². The first-order valence-electron chi connectivity index (χ1n) is 14.6. The van der Waals surface area contributed by atoms with Crippen molar-refractivity contribution in [2.75, 3.05) is 19.7 Å². The van der Waals surface area contributed by atoms with Gasteiger partial charge in [-0.1, -0.05) is 78.9 Å². The van der Waals surface area contributed by atoms with E-state index in [1.165, 1.54) is 44.5 Å². The number of nitrogens with zero attached hydrogens (tertiary/aromatic N) is 2. The van der Waals surface area contributed by atoms with Crippen LogP contribution in [0.15, 0.2) is 116 Å². The van der Waals surface area contributed by atoms with Crippen LogP contribution in [0.1, 0.15) is 30.1 Å². The molecule has 4 heteroatoms. The normalized spacial score (nSPS) is 24.2. The largest absolute Gasteiger partial charge is 1.00 e. The lowest BCUT2D eigenvalue weighted by Gasteiger charge is -2.58. The van der Waals surface area contributed by atoms with Gasteiger partial charge in [-0.2, -0.15) is 0 Å². The summed E-state index contributed by atoms with van der Waals surface area (Å²) in [6.45, 7) is 12.1. The first kappa shape index (κ1) is 27.8. The molecule has 3 fully saturated rings. The number of aromatic nitrogens is 1. The zero-order valence-corrected chi connectivity index (χ0v) is 25.0. The smallest absolute Gasteiger partial charge is 0.135 e. The minimum atomic E-state index is -0.0410. The molecule has 4 heterocycles. The third-order valence-electron chi connectivity index (χ3n) is 9.76. The van der Waals surface area contributed by atoms with Gasteiger partial charge in [0.1, 0.15) is 18.7 Å². The molecule has 3 nitrogen and oxygen atoms in total. The van der Waals surface area contributed by atoms with E-state index in [2.05, 4.69) is 109 Å². The summed E-state index contributed by atoms with van der Waals surface area (Å²) in [5, 5.41) is 6.56. The van der Waals surface area contributed by atoms with Gasteiger partial charge in [-0.05, 0) is 51.2 Å². The molecule has 0 amide bonds. The number of fused-ring (bicyclic) bond motifs is 6. The van der Waals surface area contributed by atoms with E-state index >= 15 is 0 Å². The molecule has 1 unspecified atom stereocenters. The average molecular weight is 606 g/mol. The molecule has 0 radical (unpaired) electrons. The number of piperidine rings is 3. The highest BCUT2D eigenvalue weighted by Crippen LogP contribution is 2.50. The van der Waals surface area contributed by atoms with E-state index in [1.54, 1.807) is 0 Å². The maximum Gasteiger partial charge on any atom is 0.135 e. The number of rotatable bonds is 8. The number of hydrogen-bond acceptors (Lipinski definition) is 2. The van der Waals surface area contributed by atoms with E-state index < -0.39 is 0 Å². The van der Waals surface area contributed by atoms with Crippen LogP contribution in [-0.4, -0.2) is 35.2 Å². The molecular formula is C37H37BrN2O. The molecule has 5 atom stereocenters. The third kappa shape index (κ3) is 4.82. The third-order valence-corrected chi connectivity index (χ3v) is 9.76. The average Bonchev–Trinajstić information content (AvgIpc) is 3.01. The van der Waals surface area contributed by atoms with Gasteiger partial charge in [0.05, 0.1) is 25.2 Å². The molecule has 8 rings (SSSR count). The van der Waals surface area contributed by atoms with Gasteiger partial charge in [0, 0.05) is 35.9 Å². The fourth-order valence-electron chi connectivity index (χ4n) is 7.90. The van der Waals surface area contributed by atoms with E-state index in [9.17, 15) is 0 Å². The standard InChI is InChI=1S/C37H37N2O.BrH/c1-3-21-40-37(33-17-19-38-35-16-10-9-15-32(33)35)36-23-27-18-20-39(36,24-26(27)4-2)25-34-30-13-7-5-11-28(30)22-29-12-6-8-14-31(29)34;/h3-17,19,22,26-27,36-37H,1-2,18,20-21,23-25H2;1H/q+1;/p-1/t26-,27-,36+,37+,39?;/m0./s1. The molecule has 3 saturated heterocycles. The van der Waals surface area contributed by atoms with Gasteiger partial charge in [0.25, 0.3) is 0 Å².